The van der Waals surface area contributed by atoms with Crippen molar-refractivity contribution in [2.24, 2.45) is 0 Å². The number of carbonyl (C=O) groups is 1. The summed E-state index contributed by atoms with van der Waals surface area (Å²) in [5, 5.41) is 6.26. The van der Waals surface area contributed by atoms with Crippen LogP contribution >= 0.6 is 24.8 Å². The average Bonchev–Trinajstić information content (AvgIpc) is 2.72. The Hall–Kier alpha value is -1.99. The third kappa shape index (κ3) is 8.11. The number of halogens is 2. The number of benzene rings is 2. The first-order chi connectivity index (χ1) is 13.2. The maximum absolute atomic E-state index is 12.1. The molecule has 0 aliphatic carbocycles. The first kappa shape index (κ1) is 25.0. The van der Waals surface area contributed by atoms with Crippen LogP contribution in [0.1, 0.15) is 11.1 Å². The van der Waals surface area contributed by atoms with E-state index in [4.69, 9.17) is 9.47 Å². The van der Waals surface area contributed by atoms with Crippen LogP contribution in [0.15, 0.2) is 48.5 Å². The zero-order valence-corrected chi connectivity index (χ0v) is 18.2. The lowest BCUT2D eigenvalue weighted by molar-refractivity contribution is -0.122. The SMILES string of the molecule is COc1cc(CNC(=O)CN2CCNCC2)ccc1OCc1ccccc1.Cl.Cl. The Bertz CT molecular complexity index is 741. The first-order valence-corrected chi connectivity index (χ1v) is 9.28. The van der Waals surface area contributed by atoms with Crippen LogP contribution in [0.5, 0.6) is 11.5 Å². The fourth-order valence-corrected chi connectivity index (χ4v) is 3.01. The Morgan fingerprint density at radius 1 is 1.03 bits per heavy atom. The summed E-state index contributed by atoms with van der Waals surface area (Å²) < 4.78 is 11.3. The molecule has 1 aliphatic rings. The summed E-state index contributed by atoms with van der Waals surface area (Å²) in [7, 11) is 1.62. The lowest BCUT2D eigenvalue weighted by Crippen LogP contribution is -2.47. The van der Waals surface area contributed by atoms with Crippen molar-refractivity contribution in [2.75, 3.05) is 39.8 Å². The van der Waals surface area contributed by atoms with Crippen LogP contribution in [-0.2, 0) is 17.9 Å². The minimum atomic E-state index is 0. The monoisotopic (exact) mass is 441 g/mol. The van der Waals surface area contributed by atoms with Gasteiger partial charge in [-0.1, -0.05) is 36.4 Å². The van der Waals surface area contributed by atoms with Gasteiger partial charge >= 0.3 is 0 Å². The van der Waals surface area contributed by atoms with Crippen LogP contribution in [-0.4, -0.2) is 50.6 Å². The van der Waals surface area contributed by atoms with Gasteiger partial charge in [0.25, 0.3) is 0 Å². The van der Waals surface area contributed by atoms with Crippen LogP contribution in [0.25, 0.3) is 0 Å². The highest BCUT2D eigenvalue weighted by Gasteiger charge is 2.13. The zero-order chi connectivity index (χ0) is 18.9. The van der Waals surface area contributed by atoms with E-state index in [2.05, 4.69) is 15.5 Å². The van der Waals surface area contributed by atoms with E-state index in [1.165, 1.54) is 0 Å². The van der Waals surface area contributed by atoms with Gasteiger partial charge in [-0.3, -0.25) is 9.69 Å². The minimum absolute atomic E-state index is 0. The predicted octanol–water partition coefficient (Wildman–Crippen LogP) is 2.64. The minimum Gasteiger partial charge on any atom is -0.493 e. The summed E-state index contributed by atoms with van der Waals surface area (Å²) in [6, 6.07) is 15.8. The number of piperazine rings is 1. The number of carbonyl (C=O) groups excluding carboxylic acids is 1. The summed E-state index contributed by atoms with van der Waals surface area (Å²) in [6.07, 6.45) is 0. The maximum atomic E-state index is 12.1. The van der Waals surface area contributed by atoms with Gasteiger partial charge in [0.1, 0.15) is 6.61 Å². The number of rotatable bonds is 8. The van der Waals surface area contributed by atoms with Crippen LogP contribution in [0.4, 0.5) is 0 Å². The molecule has 2 aromatic rings. The lowest BCUT2D eigenvalue weighted by Gasteiger charge is -2.26. The molecule has 3 rings (SSSR count). The fraction of sp³-hybridized carbons (Fsp3) is 0.381. The molecule has 6 nitrogen and oxygen atoms in total. The Morgan fingerprint density at radius 2 is 1.76 bits per heavy atom. The Labute approximate surface area is 184 Å². The Balaban J connectivity index is 0.00000210. The van der Waals surface area contributed by atoms with Crippen LogP contribution in [0.3, 0.4) is 0 Å². The van der Waals surface area contributed by atoms with Gasteiger partial charge in [-0.05, 0) is 23.3 Å². The standard InChI is InChI=1S/C21H27N3O3.2ClH/c1-26-20-13-18(14-23-21(25)15-24-11-9-22-10-12-24)7-8-19(20)27-16-17-5-3-2-4-6-17;;/h2-8,13,22H,9-12,14-16H2,1H3,(H,23,25);2*1H. The van der Waals surface area contributed by atoms with Crippen molar-refractivity contribution < 1.29 is 14.3 Å². The molecule has 2 N–H and O–H groups in total. The summed E-state index contributed by atoms with van der Waals surface area (Å²) in [6.45, 7) is 5.10. The molecular weight excluding hydrogens is 413 g/mol. The van der Waals surface area contributed by atoms with E-state index in [1.54, 1.807) is 7.11 Å². The second-order valence-corrected chi connectivity index (χ2v) is 6.56. The molecule has 29 heavy (non-hydrogen) atoms. The molecule has 1 heterocycles. The van der Waals surface area contributed by atoms with Crippen molar-refractivity contribution in [1.29, 1.82) is 0 Å². The highest BCUT2D eigenvalue weighted by atomic mass is 35.5. The number of hydrogen-bond acceptors (Lipinski definition) is 5. The van der Waals surface area contributed by atoms with Gasteiger partial charge in [-0.25, -0.2) is 0 Å². The third-order valence-corrected chi connectivity index (χ3v) is 4.53. The molecule has 0 bridgehead atoms. The molecule has 0 aromatic heterocycles. The molecule has 2 aromatic carbocycles. The number of nitrogens with one attached hydrogen (secondary N) is 2. The summed E-state index contributed by atoms with van der Waals surface area (Å²) in [5.74, 6) is 1.40. The number of amides is 1. The zero-order valence-electron chi connectivity index (χ0n) is 16.6. The molecule has 0 saturated carbocycles. The number of hydrogen-bond donors (Lipinski definition) is 2. The highest BCUT2D eigenvalue weighted by molar-refractivity contribution is 5.85. The molecule has 1 aliphatic heterocycles. The van der Waals surface area contributed by atoms with E-state index in [1.807, 2.05) is 48.5 Å². The van der Waals surface area contributed by atoms with E-state index in [9.17, 15) is 4.79 Å². The van der Waals surface area contributed by atoms with Gasteiger partial charge < -0.3 is 20.1 Å². The van der Waals surface area contributed by atoms with E-state index in [0.29, 0.717) is 31.2 Å². The van der Waals surface area contributed by atoms with Crippen LogP contribution < -0.4 is 20.1 Å². The molecule has 160 valence electrons. The molecule has 1 amide bonds. The maximum Gasteiger partial charge on any atom is 0.234 e. The predicted molar refractivity (Wildman–Crippen MR) is 119 cm³/mol. The molecule has 0 unspecified atom stereocenters. The third-order valence-electron chi connectivity index (χ3n) is 4.53. The van der Waals surface area contributed by atoms with Gasteiger partial charge in [0.15, 0.2) is 11.5 Å². The average molecular weight is 442 g/mol. The lowest BCUT2D eigenvalue weighted by atomic mass is 10.2. The van der Waals surface area contributed by atoms with Crippen molar-refractivity contribution in [2.45, 2.75) is 13.2 Å². The summed E-state index contributed by atoms with van der Waals surface area (Å²) in [5.41, 5.74) is 2.08. The van der Waals surface area contributed by atoms with Crippen molar-refractivity contribution in [1.82, 2.24) is 15.5 Å². The van der Waals surface area contributed by atoms with E-state index in [-0.39, 0.29) is 30.7 Å². The highest BCUT2D eigenvalue weighted by Crippen LogP contribution is 2.28. The second-order valence-electron chi connectivity index (χ2n) is 6.56. The van der Waals surface area contributed by atoms with Crippen LogP contribution in [0, 0.1) is 0 Å². The summed E-state index contributed by atoms with van der Waals surface area (Å²) >= 11 is 0. The topological polar surface area (TPSA) is 62.8 Å². The number of nitrogens with zero attached hydrogens (tertiary/aromatic N) is 1. The Kier molecular flexibility index (Phi) is 11.5. The second kappa shape index (κ2) is 13.3. The van der Waals surface area contributed by atoms with Crippen molar-refractivity contribution in [3.63, 3.8) is 0 Å². The van der Waals surface area contributed by atoms with Gasteiger partial charge in [-0.15, -0.1) is 24.8 Å². The van der Waals surface area contributed by atoms with Gasteiger partial charge in [0, 0.05) is 32.7 Å². The van der Waals surface area contributed by atoms with Crippen molar-refractivity contribution in [3.05, 3.63) is 59.7 Å². The fourth-order valence-electron chi connectivity index (χ4n) is 3.01. The molecule has 0 radical (unpaired) electrons. The number of ether oxygens (including phenoxy) is 2. The van der Waals surface area contributed by atoms with Crippen molar-refractivity contribution in [3.8, 4) is 11.5 Å². The molecule has 1 fully saturated rings. The smallest absolute Gasteiger partial charge is 0.234 e. The number of methoxy groups -OCH3 is 1. The van der Waals surface area contributed by atoms with E-state index >= 15 is 0 Å². The molecule has 0 atom stereocenters. The van der Waals surface area contributed by atoms with E-state index in [0.717, 1.165) is 37.3 Å². The quantitative estimate of drug-likeness (QED) is 0.658. The molecule has 1 saturated heterocycles. The molecule has 8 heteroatoms. The van der Waals surface area contributed by atoms with Gasteiger partial charge in [0.2, 0.25) is 5.91 Å². The first-order valence-electron chi connectivity index (χ1n) is 9.28. The normalized spacial score (nSPS) is 13.6. The molecule has 0 spiro atoms. The van der Waals surface area contributed by atoms with Crippen molar-refractivity contribution >= 4 is 30.7 Å². The summed E-state index contributed by atoms with van der Waals surface area (Å²) in [4.78, 5) is 14.3. The Morgan fingerprint density at radius 3 is 2.45 bits per heavy atom. The van der Waals surface area contributed by atoms with Gasteiger partial charge in [0.05, 0.1) is 13.7 Å². The van der Waals surface area contributed by atoms with Crippen LogP contribution in [0.2, 0.25) is 0 Å². The largest absolute Gasteiger partial charge is 0.493 e. The molecular formula is C21H29Cl2N3O3. The van der Waals surface area contributed by atoms with E-state index < -0.39 is 0 Å². The van der Waals surface area contributed by atoms with Gasteiger partial charge in [-0.2, -0.15) is 0 Å².